The van der Waals surface area contributed by atoms with E-state index < -0.39 is 11.2 Å². The summed E-state index contributed by atoms with van der Waals surface area (Å²) in [6.45, 7) is 4.11. The third-order valence-corrected chi connectivity index (χ3v) is 5.12. The lowest BCUT2D eigenvalue weighted by molar-refractivity contribution is -0.140. The predicted molar refractivity (Wildman–Crippen MR) is 104 cm³/mol. The molecule has 3 rings (SSSR count). The SMILES string of the molecule is CC(C)NC(=O)[C@@]1(Cc2ccccc2)CCN(c2ccc(F)c(Cl)c2)C1=O. The smallest absolute Gasteiger partial charge is 0.243 e. The summed E-state index contributed by atoms with van der Waals surface area (Å²) in [6, 6.07) is 13.6. The molecule has 0 unspecified atom stereocenters. The van der Waals surface area contributed by atoms with Gasteiger partial charge in [-0.05, 0) is 50.5 Å². The molecule has 27 heavy (non-hydrogen) atoms. The van der Waals surface area contributed by atoms with Crippen molar-refractivity contribution in [2.45, 2.75) is 32.7 Å². The molecule has 2 amide bonds. The molecule has 1 fully saturated rings. The van der Waals surface area contributed by atoms with Gasteiger partial charge >= 0.3 is 0 Å². The lowest BCUT2D eigenvalue weighted by Crippen LogP contribution is -2.50. The van der Waals surface area contributed by atoms with Gasteiger partial charge in [-0.2, -0.15) is 0 Å². The third-order valence-electron chi connectivity index (χ3n) is 4.83. The molecule has 0 radical (unpaired) electrons. The van der Waals surface area contributed by atoms with Gasteiger partial charge in [0.05, 0.1) is 5.02 Å². The van der Waals surface area contributed by atoms with Gasteiger partial charge in [0.15, 0.2) is 0 Å². The molecule has 4 nitrogen and oxygen atoms in total. The van der Waals surface area contributed by atoms with E-state index in [0.29, 0.717) is 25.1 Å². The van der Waals surface area contributed by atoms with E-state index in [9.17, 15) is 14.0 Å². The number of carbonyl (C=O) groups is 2. The number of carbonyl (C=O) groups excluding carboxylic acids is 2. The standard InChI is InChI=1S/C21H22ClFN2O2/c1-14(2)24-19(26)21(13-15-6-4-3-5-7-15)10-11-25(20(21)27)16-8-9-18(23)17(22)12-16/h3-9,12,14H,10-11,13H2,1-2H3,(H,24,26)/t21-/m0/s1. The highest BCUT2D eigenvalue weighted by atomic mass is 35.5. The topological polar surface area (TPSA) is 49.4 Å². The van der Waals surface area contributed by atoms with Crippen molar-refractivity contribution in [3.8, 4) is 0 Å². The van der Waals surface area contributed by atoms with E-state index in [4.69, 9.17) is 11.6 Å². The van der Waals surface area contributed by atoms with Gasteiger partial charge in [0.1, 0.15) is 11.2 Å². The zero-order valence-corrected chi connectivity index (χ0v) is 16.1. The average molecular weight is 389 g/mol. The normalized spacial score (nSPS) is 19.6. The first-order valence-corrected chi connectivity index (χ1v) is 9.33. The number of hydrogen-bond acceptors (Lipinski definition) is 2. The number of amides is 2. The van der Waals surface area contributed by atoms with Gasteiger partial charge in [-0.3, -0.25) is 9.59 Å². The van der Waals surface area contributed by atoms with Gasteiger partial charge in [0, 0.05) is 18.3 Å². The maximum atomic E-state index is 13.5. The summed E-state index contributed by atoms with van der Waals surface area (Å²) in [5.41, 5.74) is 0.231. The number of nitrogens with one attached hydrogen (secondary N) is 1. The Morgan fingerprint density at radius 2 is 1.96 bits per heavy atom. The Labute approximate surface area is 163 Å². The molecule has 142 valence electrons. The number of hydrogen-bond donors (Lipinski definition) is 1. The Morgan fingerprint density at radius 1 is 1.26 bits per heavy atom. The molecule has 1 N–H and O–H groups in total. The van der Waals surface area contributed by atoms with E-state index in [1.807, 2.05) is 44.2 Å². The van der Waals surface area contributed by atoms with Gasteiger partial charge < -0.3 is 10.2 Å². The summed E-state index contributed by atoms with van der Waals surface area (Å²) >= 11 is 5.88. The van der Waals surface area contributed by atoms with E-state index in [-0.39, 0.29) is 22.9 Å². The summed E-state index contributed by atoms with van der Waals surface area (Å²) in [7, 11) is 0. The lowest BCUT2D eigenvalue weighted by Gasteiger charge is -2.28. The monoisotopic (exact) mass is 388 g/mol. The van der Waals surface area contributed by atoms with Crippen LogP contribution in [0.4, 0.5) is 10.1 Å². The predicted octanol–water partition coefficient (Wildman–Crippen LogP) is 3.97. The van der Waals surface area contributed by atoms with Crippen LogP contribution in [0.2, 0.25) is 5.02 Å². The summed E-state index contributed by atoms with van der Waals surface area (Å²) in [5, 5.41) is 2.85. The van der Waals surface area contributed by atoms with Gasteiger partial charge in [-0.15, -0.1) is 0 Å². The Bertz CT molecular complexity index is 857. The van der Waals surface area contributed by atoms with E-state index in [1.54, 1.807) is 0 Å². The van der Waals surface area contributed by atoms with Crippen LogP contribution in [0, 0.1) is 11.2 Å². The molecular weight excluding hydrogens is 367 g/mol. The maximum absolute atomic E-state index is 13.5. The third kappa shape index (κ3) is 3.83. The minimum Gasteiger partial charge on any atom is -0.353 e. The number of benzene rings is 2. The maximum Gasteiger partial charge on any atom is 0.243 e. The van der Waals surface area contributed by atoms with Crippen LogP contribution in [0.3, 0.4) is 0 Å². The molecule has 0 spiro atoms. The van der Waals surface area contributed by atoms with Gasteiger partial charge in [-0.1, -0.05) is 41.9 Å². The first kappa shape index (κ1) is 19.4. The largest absolute Gasteiger partial charge is 0.353 e. The van der Waals surface area contributed by atoms with Crippen molar-refractivity contribution in [2.24, 2.45) is 5.41 Å². The highest BCUT2D eigenvalue weighted by Crippen LogP contribution is 2.39. The van der Waals surface area contributed by atoms with Crippen LogP contribution in [0.15, 0.2) is 48.5 Å². The van der Waals surface area contributed by atoms with Crippen molar-refractivity contribution in [3.63, 3.8) is 0 Å². The van der Waals surface area contributed by atoms with Crippen LogP contribution in [0.5, 0.6) is 0 Å². The number of anilines is 1. The Balaban J connectivity index is 1.96. The number of rotatable bonds is 5. The zero-order chi connectivity index (χ0) is 19.6. The van der Waals surface area contributed by atoms with Crippen LogP contribution in [-0.4, -0.2) is 24.4 Å². The minimum atomic E-state index is -1.19. The van der Waals surface area contributed by atoms with Gasteiger partial charge in [-0.25, -0.2) is 4.39 Å². The van der Waals surface area contributed by atoms with Crippen LogP contribution < -0.4 is 10.2 Å². The second-order valence-corrected chi connectivity index (χ2v) is 7.59. The van der Waals surface area contributed by atoms with E-state index in [1.165, 1.54) is 23.1 Å². The molecule has 1 heterocycles. The van der Waals surface area contributed by atoms with Crippen molar-refractivity contribution >= 4 is 29.1 Å². The minimum absolute atomic E-state index is 0.0486. The summed E-state index contributed by atoms with van der Waals surface area (Å²) in [5.74, 6) is -1.10. The number of halogens is 2. The first-order valence-electron chi connectivity index (χ1n) is 8.95. The van der Waals surface area contributed by atoms with Crippen molar-refractivity contribution in [1.82, 2.24) is 5.32 Å². The quantitative estimate of drug-likeness (QED) is 0.788. The lowest BCUT2D eigenvalue weighted by atomic mass is 9.79. The van der Waals surface area contributed by atoms with E-state index >= 15 is 0 Å². The molecule has 1 aliphatic heterocycles. The molecule has 0 bridgehead atoms. The second-order valence-electron chi connectivity index (χ2n) is 7.18. The highest BCUT2D eigenvalue weighted by Gasteiger charge is 2.52. The molecule has 1 aliphatic rings. The van der Waals surface area contributed by atoms with Gasteiger partial charge in [0.2, 0.25) is 11.8 Å². The Hall–Kier alpha value is -2.40. The molecule has 0 aromatic heterocycles. The molecular formula is C21H22ClFN2O2. The van der Waals surface area contributed by atoms with Gasteiger partial charge in [0.25, 0.3) is 0 Å². The van der Waals surface area contributed by atoms with Crippen molar-refractivity contribution in [2.75, 3.05) is 11.4 Å². The van der Waals surface area contributed by atoms with Crippen LogP contribution in [0.1, 0.15) is 25.8 Å². The summed E-state index contributed by atoms with van der Waals surface area (Å²) in [4.78, 5) is 27.9. The highest BCUT2D eigenvalue weighted by molar-refractivity contribution is 6.31. The average Bonchev–Trinajstić information content (AvgIpc) is 2.95. The van der Waals surface area contributed by atoms with Crippen molar-refractivity contribution in [1.29, 1.82) is 0 Å². The zero-order valence-electron chi connectivity index (χ0n) is 15.3. The van der Waals surface area contributed by atoms with Crippen LogP contribution in [0.25, 0.3) is 0 Å². The summed E-state index contributed by atoms with van der Waals surface area (Å²) < 4.78 is 13.5. The fourth-order valence-electron chi connectivity index (χ4n) is 3.47. The van der Waals surface area contributed by atoms with E-state index in [0.717, 1.165) is 5.56 Å². The molecule has 1 atom stereocenters. The molecule has 2 aromatic rings. The van der Waals surface area contributed by atoms with E-state index in [2.05, 4.69) is 5.32 Å². The first-order chi connectivity index (χ1) is 12.8. The molecule has 0 aliphatic carbocycles. The second kappa shape index (κ2) is 7.69. The Kier molecular flexibility index (Phi) is 5.51. The Morgan fingerprint density at radius 3 is 2.59 bits per heavy atom. The summed E-state index contributed by atoms with van der Waals surface area (Å²) in [6.07, 6.45) is 0.699. The van der Waals surface area contributed by atoms with Crippen LogP contribution >= 0.6 is 11.6 Å². The van der Waals surface area contributed by atoms with Crippen molar-refractivity contribution < 1.29 is 14.0 Å². The van der Waals surface area contributed by atoms with Crippen molar-refractivity contribution in [3.05, 3.63) is 64.9 Å². The fourth-order valence-corrected chi connectivity index (χ4v) is 3.64. The molecule has 6 heteroatoms. The van der Waals surface area contributed by atoms with Crippen LogP contribution in [-0.2, 0) is 16.0 Å². The molecule has 1 saturated heterocycles. The molecule has 0 saturated carbocycles. The molecule has 2 aromatic carbocycles. The number of nitrogens with zero attached hydrogens (tertiary/aromatic N) is 1. The fraction of sp³-hybridized carbons (Fsp3) is 0.333.